The molecule has 7 heteroatoms. The van der Waals surface area contributed by atoms with Gasteiger partial charge in [-0.3, -0.25) is 0 Å². The molecule has 2 aromatic rings. The average Bonchev–Trinajstić information content (AvgIpc) is 2.89. The summed E-state index contributed by atoms with van der Waals surface area (Å²) in [6.45, 7) is 2.47. The highest BCUT2D eigenvalue weighted by molar-refractivity contribution is 9.09. The summed E-state index contributed by atoms with van der Waals surface area (Å²) in [5.74, 6) is 1.28. The molecule has 2 rings (SSSR count). The van der Waals surface area contributed by atoms with Gasteiger partial charge in [-0.05, 0) is 0 Å². The van der Waals surface area contributed by atoms with E-state index in [-0.39, 0.29) is 0 Å². The fraction of sp³-hybridized carbons (Fsp3) is 0.556. The molecule has 0 amide bonds. The maximum atomic E-state index is 5.01. The minimum Gasteiger partial charge on any atom is -0.339 e. The predicted octanol–water partition coefficient (Wildman–Crippen LogP) is 1.21. The van der Waals surface area contributed by atoms with Crippen molar-refractivity contribution in [2.45, 2.75) is 26.3 Å². The van der Waals surface area contributed by atoms with Crippen LogP contribution in [0.2, 0.25) is 0 Å². The van der Waals surface area contributed by atoms with Crippen LogP contribution in [0.1, 0.15) is 24.3 Å². The summed E-state index contributed by atoms with van der Waals surface area (Å²) in [5, 5.41) is 12.8. The number of nitrogens with zero attached hydrogens (tertiary/aromatic N) is 5. The van der Waals surface area contributed by atoms with E-state index in [9.17, 15) is 0 Å². The number of halogens is 1. The second-order valence-electron chi connectivity index (χ2n) is 3.30. The quantitative estimate of drug-likeness (QED) is 0.773. The maximum Gasteiger partial charge on any atom is 0.226 e. The van der Waals surface area contributed by atoms with E-state index in [2.05, 4.69) is 36.4 Å². The van der Waals surface area contributed by atoms with Gasteiger partial charge in [0.25, 0.3) is 0 Å². The second-order valence-corrected chi connectivity index (χ2v) is 4.10. The molecule has 0 aliphatic rings. The molecule has 2 heterocycles. The van der Waals surface area contributed by atoms with Crippen molar-refractivity contribution in [1.29, 1.82) is 0 Å². The van der Waals surface area contributed by atoms with Gasteiger partial charge >= 0.3 is 0 Å². The molecule has 0 bridgehead atoms. The highest BCUT2D eigenvalue weighted by Gasteiger charge is 2.06. The molecule has 0 radical (unpaired) electrons. The summed E-state index contributed by atoms with van der Waals surface area (Å²) in [6, 6.07) is 0. The van der Waals surface area contributed by atoms with Gasteiger partial charge in [-0.15, -0.1) is 5.10 Å². The van der Waals surface area contributed by atoms with Gasteiger partial charge in [-0.1, -0.05) is 33.2 Å². The van der Waals surface area contributed by atoms with Crippen LogP contribution in [0.15, 0.2) is 10.7 Å². The Bertz CT molecular complexity index is 452. The van der Waals surface area contributed by atoms with Gasteiger partial charge in [0.2, 0.25) is 5.89 Å². The highest BCUT2D eigenvalue weighted by atomic mass is 79.9. The van der Waals surface area contributed by atoms with Crippen LogP contribution in [0.3, 0.4) is 0 Å². The topological polar surface area (TPSA) is 69.6 Å². The van der Waals surface area contributed by atoms with E-state index in [0.717, 1.165) is 23.9 Å². The van der Waals surface area contributed by atoms with Crippen LogP contribution in [0.4, 0.5) is 0 Å². The van der Waals surface area contributed by atoms with Crippen LogP contribution in [-0.4, -0.2) is 30.5 Å². The van der Waals surface area contributed by atoms with Crippen molar-refractivity contribution in [3.8, 4) is 0 Å². The zero-order valence-corrected chi connectivity index (χ0v) is 10.5. The smallest absolute Gasteiger partial charge is 0.226 e. The lowest BCUT2D eigenvalue weighted by molar-refractivity contribution is 0.374. The molecule has 0 fully saturated rings. The van der Waals surface area contributed by atoms with Crippen molar-refractivity contribution in [3.63, 3.8) is 0 Å². The summed E-state index contributed by atoms with van der Waals surface area (Å²) in [7, 11) is 0. The Balaban J connectivity index is 2.02. The molecule has 0 spiro atoms. The van der Waals surface area contributed by atoms with Crippen LogP contribution in [0, 0.1) is 0 Å². The van der Waals surface area contributed by atoms with Gasteiger partial charge in [0.05, 0.1) is 5.69 Å². The van der Waals surface area contributed by atoms with E-state index in [0.29, 0.717) is 18.3 Å². The highest BCUT2D eigenvalue weighted by Crippen LogP contribution is 2.02. The van der Waals surface area contributed by atoms with Gasteiger partial charge in [-0.2, -0.15) is 4.98 Å². The molecule has 6 nitrogen and oxygen atoms in total. The van der Waals surface area contributed by atoms with Crippen LogP contribution in [0.5, 0.6) is 0 Å². The largest absolute Gasteiger partial charge is 0.339 e. The Morgan fingerprint density at radius 1 is 1.50 bits per heavy atom. The first-order valence-corrected chi connectivity index (χ1v) is 6.20. The molecule has 0 saturated heterocycles. The van der Waals surface area contributed by atoms with Crippen molar-refractivity contribution in [1.82, 2.24) is 25.1 Å². The first-order chi connectivity index (χ1) is 7.81. The van der Waals surface area contributed by atoms with Crippen LogP contribution >= 0.6 is 15.9 Å². The zero-order chi connectivity index (χ0) is 11.4. The summed E-state index contributed by atoms with van der Waals surface area (Å²) in [5.41, 5.74) is 0.955. The minimum absolute atomic E-state index is 0.499. The summed E-state index contributed by atoms with van der Waals surface area (Å²) >= 11 is 3.36. The summed E-state index contributed by atoms with van der Waals surface area (Å²) < 4.78 is 6.72. The molecule has 0 atom stereocenters. The Morgan fingerprint density at radius 3 is 3.06 bits per heavy atom. The third kappa shape index (κ3) is 2.66. The van der Waals surface area contributed by atoms with E-state index in [4.69, 9.17) is 4.52 Å². The van der Waals surface area contributed by atoms with E-state index in [1.807, 2.05) is 13.1 Å². The van der Waals surface area contributed by atoms with Gasteiger partial charge in [0.15, 0.2) is 5.82 Å². The predicted molar refractivity (Wildman–Crippen MR) is 60.3 cm³/mol. The van der Waals surface area contributed by atoms with Crippen LogP contribution in [-0.2, 0) is 19.4 Å². The third-order valence-corrected chi connectivity index (χ3v) is 2.45. The summed E-state index contributed by atoms with van der Waals surface area (Å²) in [6.07, 6.45) is 3.51. The van der Waals surface area contributed by atoms with Gasteiger partial charge in [-0.25, -0.2) is 4.68 Å². The van der Waals surface area contributed by atoms with Gasteiger partial charge < -0.3 is 4.52 Å². The van der Waals surface area contributed by atoms with Crippen LogP contribution < -0.4 is 0 Å². The monoisotopic (exact) mass is 285 g/mol. The molecule has 86 valence electrons. The fourth-order valence-corrected chi connectivity index (χ4v) is 1.68. The first-order valence-electron chi connectivity index (χ1n) is 5.08. The number of hydrogen-bond donors (Lipinski definition) is 0. The van der Waals surface area contributed by atoms with E-state index >= 15 is 0 Å². The Labute approximate surface area is 101 Å². The molecule has 0 aliphatic carbocycles. The van der Waals surface area contributed by atoms with Crippen molar-refractivity contribution in [2.24, 2.45) is 0 Å². The Hall–Kier alpha value is -1.24. The minimum atomic E-state index is 0.499. The number of aromatic nitrogens is 5. The molecular formula is C9H12BrN5O. The molecule has 16 heavy (non-hydrogen) atoms. The van der Waals surface area contributed by atoms with E-state index in [1.165, 1.54) is 0 Å². The molecular weight excluding hydrogens is 274 g/mol. The first kappa shape index (κ1) is 11.3. The maximum absolute atomic E-state index is 5.01. The van der Waals surface area contributed by atoms with Crippen LogP contribution in [0.25, 0.3) is 0 Å². The van der Waals surface area contributed by atoms with Crippen molar-refractivity contribution in [2.75, 3.05) is 5.33 Å². The van der Waals surface area contributed by atoms with Crippen molar-refractivity contribution < 1.29 is 4.52 Å². The lowest BCUT2D eigenvalue weighted by atomic mass is 10.4. The standard InChI is InChI=1S/C9H12BrN5O/c1-2-9-11-8(13-16-9)6-15-5-7(3-4-10)12-14-15/h5H,2-4,6H2,1H3. The summed E-state index contributed by atoms with van der Waals surface area (Å²) in [4.78, 5) is 4.20. The number of hydrogen-bond acceptors (Lipinski definition) is 5. The zero-order valence-electron chi connectivity index (χ0n) is 8.93. The second kappa shape index (κ2) is 5.20. The van der Waals surface area contributed by atoms with E-state index < -0.39 is 0 Å². The Kier molecular flexibility index (Phi) is 3.66. The SMILES string of the molecule is CCc1nc(Cn2cc(CCBr)nn2)no1. The molecule has 0 aliphatic heterocycles. The number of aryl methyl sites for hydroxylation is 2. The number of alkyl halides is 1. The van der Waals surface area contributed by atoms with Gasteiger partial charge in [0.1, 0.15) is 6.54 Å². The normalized spacial score (nSPS) is 10.9. The van der Waals surface area contributed by atoms with Gasteiger partial charge in [0, 0.05) is 24.4 Å². The molecule has 0 saturated carbocycles. The molecule has 0 unspecified atom stereocenters. The molecule has 0 N–H and O–H groups in total. The van der Waals surface area contributed by atoms with Crippen molar-refractivity contribution in [3.05, 3.63) is 23.6 Å². The average molecular weight is 286 g/mol. The lowest BCUT2D eigenvalue weighted by Crippen LogP contribution is -2.02. The fourth-order valence-electron chi connectivity index (χ4n) is 1.27. The third-order valence-electron chi connectivity index (χ3n) is 2.05. The van der Waals surface area contributed by atoms with Crippen molar-refractivity contribution >= 4 is 15.9 Å². The Morgan fingerprint density at radius 2 is 2.38 bits per heavy atom. The molecule has 0 aromatic carbocycles. The lowest BCUT2D eigenvalue weighted by Gasteiger charge is -1.92. The van der Waals surface area contributed by atoms with E-state index in [1.54, 1.807) is 4.68 Å². The number of rotatable bonds is 5. The molecule has 2 aromatic heterocycles.